The summed E-state index contributed by atoms with van der Waals surface area (Å²) in [5.41, 5.74) is 0.350. The van der Waals surface area contributed by atoms with E-state index in [2.05, 4.69) is 6.07 Å². The number of aliphatic hydroxyl groups excluding tert-OH is 1. The van der Waals surface area contributed by atoms with Crippen molar-refractivity contribution in [2.24, 2.45) is 0 Å². The molecule has 0 heterocycles. The van der Waals surface area contributed by atoms with Gasteiger partial charge < -0.3 is 14.6 Å². The number of benzene rings is 1. The Bertz CT molecular complexity index is 410. The lowest BCUT2D eigenvalue weighted by Crippen LogP contribution is -2.28. The Labute approximate surface area is 114 Å². The van der Waals surface area contributed by atoms with Crippen molar-refractivity contribution in [3.8, 4) is 11.8 Å². The normalized spacial score (nSPS) is 13.6. The maximum absolute atomic E-state index is 9.19. The first-order valence-electron chi connectivity index (χ1n) is 6.42. The summed E-state index contributed by atoms with van der Waals surface area (Å²) in [5.74, 6) is 0.825. The Kier molecular flexibility index (Phi) is 6.34. The Balaban J connectivity index is 2.49. The molecule has 0 aliphatic rings. The van der Waals surface area contributed by atoms with E-state index in [-0.39, 0.29) is 6.61 Å². The van der Waals surface area contributed by atoms with Gasteiger partial charge in [-0.2, -0.15) is 5.26 Å². The second-order valence-electron chi connectivity index (χ2n) is 4.62. The van der Waals surface area contributed by atoms with E-state index in [1.165, 1.54) is 0 Å². The molecule has 104 valence electrons. The van der Waals surface area contributed by atoms with Crippen molar-refractivity contribution < 1.29 is 14.6 Å². The van der Waals surface area contributed by atoms with Crippen LogP contribution in [0.1, 0.15) is 25.3 Å². The molecule has 0 bridgehead atoms. The molecule has 0 aromatic heterocycles. The van der Waals surface area contributed by atoms with E-state index in [4.69, 9.17) is 14.6 Å². The molecule has 19 heavy (non-hydrogen) atoms. The zero-order valence-electron chi connectivity index (χ0n) is 11.6. The molecule has 0 spiro atoms. The van der Waals surface area contributed by atoms with Gasteiger partial charge in [-0.15, -0.1) is 0 Å². The number of nitriles is 1. The summed E-state index contributed by atoms with van der Waals surface area (Å²) in [6, 6.07) is 10.00. The first-order chi connectivity index (χ1) is 9.13. The van der Waals surface area contributed by atoms with Crippen LogP contribution in [0.25, 0.3) is 0 Å². The summed E-state index contributed by atoms with van der Waals surface area (Å²) in [5, 5.41) is 17.9. The number of hydrogen-bond acceptors (Lipinski definition) is 4. The number of ether oxygens (including phenoxy) is 2. The number of hydrogen-bond donors (Lipinski definition) is 1. The van der Waals surface area contributed by atoms with Gasteiger partial charge in [0.2, 0.25) is 0 Å². The third-order valence-corrected chi connectivity index (χ3v) is 3.01. The van der Waals surface area contributed by atoms with Gasteiger partial charge in [0.1, 0.15) is 5.75 Å². The van der Waals surface area contributed by atoms with Gasteiger partial charge in [0.05, 0.1) is 19.8 Å². The van der Waals surface area contributed by atoms with E-state index in [1.807, 2.05) is 24.3 Å². The van der Waals surface area contributed by atoms with Crippen molar-refractivity contribution in [3.63, 3.8) is 0 Å². The molecule has 0 saturated carbocycles. The third-order valence-electron chi connectivity index (χ3n) is 3.01. The monoisotopic (exact) mass is 263 g/mol. The fourth-order valence-corrected chi connectivity index (χ4v) is 1.70. The van der Waals surface area contributed by atoms with E-state index in [0.29, 0.717) is 19.4 Å². The first kappa shape index (κ1) is 15.5. The van der Waals surface area contributed by atoms with Crippen molar-refractivity contribution in [2.45, 2.75) is 31.8 Å². The largest absolute Gasteiger partial charge is 0.497 e. The average molecular weight is 263 g/mol. The van der Waals surface area contributed by atoms with E-state index < -0.39 is 5.60 Å². The fraction of sp³-hybridized carbons (Fsp3) is 0.533. The highest BCUT2D eigenvalue weighted by molar-refractivity contribution is 5.27. The molecule has 0 amide bonds. The lowest BCUT2D eigenvalue weighted by atomic mass is 9.98. The molecule has 0 aliphatic carbocycles. The van der Waals surface area contributed by atoms with E-state index in [1.54, 1.807) is 14.0 Å². The Morgan fingerprint density at radius 2 is 2.00 bits per heavy atom. The summed E-state index contributed by atoms with van der Waals surface area (Å²) in [4.78, 5) is 0. The summed E-state index contributed by atoms with van der Waals surface area (Å²) < 4.78 is 10.6. The number of rotatable bonds is 8. The van der Waals surface area contributed by atoms with Crippen LogP contribution >= 0.6 is 0 Å². The molecule has 4 nitrogen and oxygen atoms in total. The van der Waals surface area contributed by atoms with Gasteiger partial charge in [-0.05, 0) is 43.9 Å². The minimum Gasteiger partial charge on any atom is -0.497 e. The lowest BCUT2D eigenvalue weighted by Gasteiger charge is -2.22. The summed E-state index contributed by atoms with van der Waals surface area (Å²) >= 11 is 0. The van der Waals surface area contributed by atoms with Crippen molar-refractivity contribution in [1.82, 2.24) is 0 Å². The summed E-state index contributed by atoms with van der Waals surface area (Å²) in [7, 11) is 1.64. The Hall–Kier alpha value is -1.57. The minimum atomic E-state index is -0.797. The van der Waals surface area contributed by atoms with Gasteiger partial charge in [-0.25, -0.2) is 0 Å². The van der Waals surface area contributed by atoms with Crippen LogP contribution in [-0.4, -0.2) is 31.0 Å². The van der Waals surface area contributed by atoms with Gasteiger partial charge in [0.25, 0.3) is 0 Å². The van der Waals surface area contributed by atoms with Crippen LogP contribution in [-0.2, 0) is 11.2 Å². The zero-order chi connectivity index (χ0) is 14.1. The standard InChI is InChI=1S/C15H21NO3/c1-15(12-16,19-11-3-10-17)9-8-13-4-6-14(18-2)7-5-13/h4-7,17H,3,8-11H2,1-2H3. The summed E-state index contributed by atoms with van der Waals surface area (Å²) in [6.45, 7) is 2.27. The van der Waals surface area contributed by atoms with Crippen LogP contribution in [0, 0.1) is 11.3 Å². The molecule has 1 atom stereocenters. The molecule has 0 fully saturated rings. The predicted octanol–water partition coefficient (Wildman–Crippen LogP) is 2.31. The van der Waals surface area contributed by atoms with Gasteiger partial charge in [0.15, 0.2) is 5.60 Å². The molecule has 0 radical (unpaired) electrons. The number of nitrogens with zero attached hydrogens (tertiary/aromatic N) is 1. The third kappa shape index (κ3) is 5.29. The fourth-order valence-electron chi connectivity index (χ4n) is 1.70. The molecular formula is C15H21NO3. The first-order valence-corrected chi connectivity index (χ1v) is 6.42. The van der Waals surface area contributed by atoms with Crippen LogP contribution < -0.4 is 4.74 Å². The average Bonchev–Trinajstić information content (AvgIpc) is 2.46. The van der Waals surface area contributed by atoms with Crippen molar-refractivity contribution in [2.75, 3.05) is 20.3 Å². The van der Waals surface area contributed by atoms with Gasteiger partial charge in [0, 0.05) is 6.61 Å². The second-order valence-corrected chi connectivity index (χ2v) is 4.62. The second kappa shape index (κ2) is 7.78. The Morgan fingerprint density at radius 1 is 1.32 bits per heavy atom. The van der Waals surface area contributed by atoms with Gasteiger partial charge in [-0.3, -0.25) is 0 Å². The number of aliphatic hydroxyl groups is 1. The van der Waals surface area contributed by atoms with Gasteiger partial charge in [-0.1, -0.05) is 12.1 Å². The topological polar surface area (TPSA) is 62.5 Å². The lowest BCUT2D eigenvalue weighted by molar-refractivity contribution is -0.000611. The van der Waals surface area contributed by atoms with Crippen LogP contribution in [0.2, 0.25) is 0 Å². The SMILES string of the molecule is COc1ccc(CCC(C)(C#N)OCCCO)cc1. The van der Waals surface area contributed by atoms with Crippen LogP contribution in [0.3, 0.4) is 0 Å². The van der Waals surface area contributed by atoms with Crippen molar-refractivity contribution in [3.05, 3.63) is 29.8 Å². The smallest absolute Gasteiger partial charge is 0.151 e. The zero-order valence-corrected chi connectivity index (χ0v) is 11.6. The van der Waals surface area contributed by atoms with Crippen LogP contribution in [0.15, 0.2) is 24.3 Å². The quantitative estimate of drug-likeness (QED) is 0.731. The predicted molar refractivity (Wildman–Crippen MR) is 73.0 cm³/mol. The number of aryl methyl sites for hydroxylation is 1. The molecule has 1 aromatic rings. The maximum Gasteiger partial charge on any atom is 0.151 e. The number of methoxy groups -OCH3 is 1. The highest BCUT2D eigenvalue weighted by atomic mass is 16.5. The maximum atomic E-state index is 9.19. The Morgan fingerprint density at radius 3 is 2.53 bits per heavy atom. The molecule has 4 heteroatoms. The van der Waals surface area contributed by atoms with E-state index in [9.17, 15) is 5.26 Å². The van der Waals surface area contributed by atoms with Crippen LogP contribution in [0.4, 0.5) is 0 Å². The summed E-state index contributed by atoms with van der Waals surface area (Å²) in [6.07, 6.45) is 1.95. The van der Waals surface area contributed by atoms with Crippen LogP contribution in [0.5, 0.6) is 5.75 Å². The van der Waals surface area contributed by atoms with E-state index >= 15 is 0 Å². The molecule has 1 N–H and O–H groups in total. The van der Waals surface area contributed by atoms with E-state index in [0.717, 1.165) is 17.7 Å². The van der Waals surface area contributed by atoms with Crippen molar-refractivity contribution in [1.29, 1.82) is 5.26 Å². The molecule has 1 aromatic carbocycles. The molecule has 0 aliphatic heterocycles. The molecule has 1 rings (SSSR count). The van der Waals surface area contributed by atoms with Crippen molar-refractivity contribution >= 4 is 0 Å². The highest BCUT2D eigenvalue weighted by Crippen LogP contribution is 2.19. The molecule has 1 unspecified atom stereocenters. The highest BCUT2D eigenvalue weighted by Gasteiger charge is 2.24. The molecule has 0 saturated heterocycles. The minimum absolute atomic E-state index is 0.0833. The molecular weight excluding hydrogens is 242 g/mol. The van der Waals surface area contributed by atoms with Gasteiger partial charge >= 0.3 is 0 Å².